The average Bonchev–Trinajstić information content (AvgIpc) is 2.57. The van der Waals surface area contributed by atoms with Crippen molar-refractivity contribution in [2.45, 2.75) is 6.56 Å². The summed E-state index contributed by atoms with van der Waals surface area (Å²) in [6, 6.07) is 2.91. The summed E-state index contributed by atoms with van der Waals surface area (Å²) in [6.45, 7) is -3.03. The summed E-state index contributed by atoms with van der Waals surface area (Å²) in [5, 5.41) is 10.9. The fourth-order valence-corrected chi connectivity index (χ4v) is 1.81. The quantitative estimate of drug-likeness (QED) is 0.591. The number of hydrogen-bond donors (Lipinski definition) is 0. The zero-order chi connectivity index (χ0) is 19.6. The molecule has 0 heterocycles. The lowest BCUT2D eigenvalue weighted by molar-refractivity contribution is -0.387. The van der Waals surface area contributed by atoms with Crippen LogP contribution >= 0.6 is 0 Å². The third-order valence-corrected chi connectivity index (χ3v) is 2.97. The number of nitrogens with zero attached hydrogens (tertiary/aromatic N) is 1. The fourth-order valence-electron chi connectivity index (χ4n) is 1.81. The molecule has 0 saturated carbocycles. The second-order valence-corrected chi connectivity index (χ2v) is 4.35. The highest BCUT2D eigenvalue weighted by molar-refractivity contribution is 5.50. The Morgan fingerprint density at radius 2 is 1.75 bits per heavy atom. The summed E-state index contributed by atoms with van der Waals surface area (Å²) < 4.78 is 71.8. The largest absolute Gasteiger partial charge is 0.496 e. The van der Waals surface area contributed by atoms with Crippen LogP contribution in [0, 0.1) is 27.6 Å². The number of ether oxygens (including phenoxy) is 3. The van der Waals surface area contributed by atoms with Gasteiger partial charge in [-0.15, -0.1) is 0 Å². The summed E-state index contributed by atoms with van der Waals surface area (Å²) in [7, 11) is 2.20. The molecular formula is C15H12F3NO5. The van der Waals surface area contributed by atoms with Gasteiger partial charge in [-0.25, -0.2) is 8.78 Å². The van der Waals surface area contributed by atoms with Gasteiger partial charge in [0.05, 0.1) is 33.5 Å². The highest BCUT2D eigenvalue weighted by atomic mass is 19.2. The van der Waals surface area contributed by atoms with Crippen molar-refractivity contribution >= 4 is 5.69 Å². The molecule has 0 saturated heterocycles. The number of rotatable bonds is 6. The van der Waals surface area contributed by atoms with E-state index in [-0.39, 0.29) is 11.5 Å². The summed E-state index contributed by atoms with van der Waals surface area (Å²) in [6.07, 6.45) is 0. The molecule has 0 amide bonds. The van der Waals surface area contributed by atoms with Crippen molar-refractivity contribution in [1.82, 2.24) is 0 Å². The van der Waals surface area contributed by atoms with Crippen LogP contribution in [0.2, 0.25) is 0 Å². The first-order valence-corrected chi connectivity index (χ1v) is 6.35. The summed E-state index contributed by atoms with van der Waals surface area (Å²) in [5.74, 6) is -5.49. The van der Waals surface area contributed by atoms with Crippen LogP contribution in [-0.4, -0.2) is 19.1 Å². The topological polar surface area (TPSA) is 70.8 Å². The Bertz CT molecular complexity index is 864. The number of nitro groups is 1. The van der Waals surface area contributed by atoms with Crippen LogP contribution in [0.4, 0.5) is 18.9 Å². The van der Waals surface area contributed by atoms with Gasteiger partial charge in [-0.3, -0.25) is 10.1 Å². The van der Waals surface area contributed by atoms with Gasteiger partial charge < -0.3 is 14.2 Å². The molecule has 0 fully saturated rings. The minimum absolute atomic E-state index is 0.357. The Morgan fingerprint density at radius 1 is 1.08 bits per heavy atom. The molecule has 0 atom stereocenters. The van der Waals surface area contributed by atoms with Gasteiger partial charge in [0.1, 0.15) is 12.3 Å². The van der Waals surface area contributed by atoms with E-state index in [1.165, 1.54) is 0 Å². The second kappa shape index (κ2) is 7.07. The highest BCUT2D eigenvalue weighted by Gasteiger charge is 2.21. The van der Waals surface area contributed by atoms with Crippen LogP contribution in [0.25, 0.3) is 0 Å². The molecule has 0 aliphatic carbocycles. The predicted octanol–water partition coefficient (Wildman–Crippen LogP) is 3.61. The van der Waals surface area contributed by atoms with Gasteiger partial charge in [0, 0.05) is 6.07 Å². The first-order valence-electron chi connectivity index (χ1n) is 7.35. The second-order valence-electron chi connectivity index (χ2n) is 4.35. The molecule has 0 aliphatic rings. The molecule has 0 N–H and O–H groups in total. The first-order chi connectivity index (χ1) is 12.1. The van der Waals surface area contributed by atoms with Crippen molar-refractivity contribution in [3.63, 3.8) is 0 Å². The number of hydrogen-bond acceptors (Lipinski definition) is 5. The monoisotopic (exact) mass is 345 g/mol. The van der Waals surface area contributed by atoms with E-state index in [4.69, 9.17) is 17.0 Å². The van der Waals surface area contributed by atoms with Crippen molar-refractivity contribution in [2.75, 3.05) is 14.2 Å². The molecule has 0 aromatic heterocycles. The van der Waals surface area contributed by atoms with Crippen LogP contribution in [-0.2, 0) is 6.56 Å². The van der Waals surface area contributed by atoms with Crippen molar-refractivity contribution in [2.24, 2.45) is 0 Å². The molecule has 0 radical (unpaired) electrons. The molecule has 6 nitrogen and oxygen atoms in total. The molecule has 0 bridgehead atoms. The molecule has 9 heteroatoms. The van der Waals surface area contributed by atoms with E-state index < -0.39 is 45.9 Å². The molecule has 2 aromatic carbocycles. The standard InChI is InChI=1S/C15H12F3NO5/c1-22-12-4-3-9(16)15(18)8(12)7-24-14-6-11(19(20)21)10(17)5-13(14)23-2/h3-6H,7H2,1-2H3/i7D2. The van der Waals surface area contributed by atoms with E-state index in [9.17, 15) is 23.3 Å². The van der Waals surface area contributed by atoms with Gasteiger partial charge in [-0.2, -0.15) is 4.39 Å². The maximum absolute atomic E-state index is 14.1. The average molecular weight is 345 g/mol. The Balaban J connectivity index is 2.59. The van der Waals surface area contributed by atoms with E-state index in [0.717, 1.165) is 26.4 Å². The third kappa shape index (κ3) is 3.34. The lowest BCUT2D eigenvalue weighted by Gasteiger charge is -2.13. The zero-order valence-corrected chi connectivity index (χ0v) is 12.4. The van der Waals surface area contributed by atoms with Crippen LogP contribution in [0.5, 0.6) is 17.2 Å². The van der Waals surface area contributed by atoms with Gasteiger partial charge in [-0.1, -0.05) is 0 Å². The summed E-state index contributed by atoms with van der Waals surface area (Å²) in [4.78, 5) is 9.80. The Kier molecular flexibility index (Phi) is 4.30. The molecule has 2 rings (SSSR count). The smallest absolute Gasteiger partial charge is 0.308 e. The number of nitro benzene ring substituents is 1. The molecule has 128 valence electrons. The van der Waals surface area contributed by atoms with Crippen molar-refractivity contribution in [3.8, 4) is 17.2 Å². The minimum atomic E-state index is -3.03. The first kappa shape index (κ1) is 14.6. The molecule has 24 heavy (non-hydrogen) atoms. The SMILES string of the molecule is [2H]C([2H])(Oc1cc([N+](=O)[O-])c(F)cc1OC)c1c(OC)ccc(F)c1F. The van der Waals surface area contributed by atoms with Gasteiger partial charge in [0.2, 0.25) is 5.82 Å². The van der Waals surface area contributed by atoms with E-state index in [1.807, 2.05) is 0 Å². The van der Waals surface area contributed by atoms with Gasteiger partial charge in [0.15, 0.2) is 23.1 Å². The van der Waals surface area contributed by atoms with Crippen molar-refractivity contribution in [1.29, 1.82) is 0 Å². The zero-order valence-electron chi connectivity index (χ0n) is 14.4. The molecule has 2 aromatic rings. The maximum atomic E-state index is 14.1. The van der Waals surface area contributed by atoms with E-state index in [1.54, 1.807) is 0 Å². The van der Waals surface area contributed by atoms with Crippen LogP contribution in [0.15, 0.2) is 24.3 Å². The molecule has 0 unspecified atom stereocenters. The number of methoxy groups -OCH3 is 2. The van der Waals surface area contributed by atoms with Gasteiger partial charge in [-0.05, 0) is 12.1 Å². The maximum Gasteiger partial charge on any atom is 0.308 e. The van der Waals surface area contributed by atoms with E-state index in [2.05, 4.69) is 0 Å². The predicted molar refractivity (Wildman–Crippen MR) is 76.8 cm³/mol. The van der Waals surface area contributed by atoms with Crippen molar-refractivity contribution < 1.29 is 35.0 Å². The normalized spacial score (nSPS) is 12.2. The Hall–Kier alpha value is -2.97. The summed E-state index contributed by atoms with van der Waals surface area (Å²) in [5.41, 5.74) is -1.92. The van der Waals surface area contributed by atoms with Gasteiger partial charge >= 0.3 is 5.69 Å². The van der Waals surface area contributed by atoms with Gasteiger partial charge in [0.25, 0.3) is 0 Å². The third-order valence-electron chi connectivity index (χ3n) is 2.97. The van der Waals surface area contributed by atoms with E-state index in [0.29, 0.717) is 12.1 Å². The summed E-state index contributed by atoms with van der Waals surface area (Å²) >= 11 is 0. The molecule has 0 aliphatic heterocycles. The lowest BCUT2D eigenvalue weighted by atomic mass is 10.2. The van der Waals surface area contributed by atoms with Crippen LogP contribution in [0.3, 0.4) is 0 Å². The Morgan fingerprint density at radius 3 is 2.33 bits per heavy atom. The highest BCUT2D eigenvalue weighted by Crippen LogP contribution is 2.35. The number of halogens is 3. The van der Waals surface area contributed by atoms with Crippen LogP contribution in [0.1, 0.15) is 8.30 Å². The molecular weight excluding hydrogens is 331 g/mol. The minimum Gasteiger partial charge on any atom is -0.496 e. The number of benzene rings is 2. The van der Waals surface area contributed by atoms with Crippen molar-refractivity contribution in [3.05, 3.63) is 57.4 Å². The molecule has 0 spiro atoms. The fraction of sp³-hybridized carbons (Fsp3) is 0.200. The van der Waals surface area contributed by atoms with E-state index >= 15 is 0 Å². The van der Waals surface area contributed by atoms with Crippen LogP contribution < -0.4 is 14.2 Å². The Labute approximate surface area is 137 Å². The lowest BCUT2D eigenvalue weighted by Crippen LogP contribution is -2.05.